The van der Waals surface area contributed by atoms with Gasteiger partial charge in [0, 0.05) is 22.1 Å². The lowest BCUT2D eigenvalue weighted by molar-refractivity contribution is 0.669. The maximum absolute atomic E-state index is 5.98. The molecule has 7 rings (SSSR count). The molecule has 1 N–H and O–H groups in total. The topological polar surface area (TPSA) is 25.2 Å². The van der Waals surface area contributed by atoms with Gasteiger partial charge in [0.2, 0.25) is 0 Å². The molecular formula is C32H21NO. The lowest BCUT2D eigenvalue weighted by Gasteiger charge is -2.10. The van der Waals surface area contributed by atoms with Gasteiger partial charge in [0.15, 0.2) is 0 Å². The number of hydrogen-bond donors (Lipinski definition) is 1. The first-order valence-electron chi connectivity index (χ1n) is 11.5. The van der Waals surface area contributed by atoms with Gasteiger partial charge in [-0.15, -0.1) is 0 Å². The first-order valence-corrected chi connectivity index (χ1v) is 11.5. The van der Waals surface area contributed by atoms with Crippen LogP contribution in [-0.2, 0) is 0 Å². The highest BCUT2D eigenvalue weighted by Crippen LogP contribution is 2.33. The SMILES string of the molecule is c1ccc2c(c1)ccc1ccc(Nc3ccc(-c4ccc5oc6ccccc6c5c4)cc3)cc12. The van der Waals surface area contributed by atoms with E-state index in [1.807, 2.05) is 12.1 Å². The van der Waals surface area contributed by atoms with Crippen molar-refractivity contribution in [1.82, 2.24) is 0 Å². The molecule has 0 fully saturated rings. The Balaban J connectivity index is 1.21. The van der Waals surface area contributed by atoms with Crippen LogP contribution in [0.15, 0.2) is 126 Å². The second kappa shape index (κ2) is 7.50. The molecule has 0 radical (unpaired) electrons. The van der Waals surface area contributed by atoms with E-state index in [0.29, 0.717) is 0 Å². The lowest BCUT2D eigenvalue weighted by atomic mass is 10.0. The number of para-hydroxylation sites is 1. The van der Waals surface area contributed by atoms with E-state index in [1.54, 1.807) is 0 Å². The lowest BCUT2D eigenvalue weighted by Crippen LogP contribution is -1.90. The van der Waals surface area contributed by atoms with Crippen LogP contribution >= 0.6 is 0 Å². The van der Waals surface area contributed by atoms with Gasteiger partial charge in [-0.25, -0.2) is 0 Å². The standard InChI is InChI=1S/C32H21NO/c1-2-6-27-22(5-1)9-10-23-13-17-26(20-29(23)27)33-25-15-11-21(12-16-25)24-14-18-32-30(19-24)28-7-3-4-8-31(28)34-32/h1-20,33H. The molecule has 2 heteroatoms. The van der Waals surface area contributed by atoms with Crippen molar-refractivity contribution in [3.63, 3.8) is 0 Å². The second-order valence-electron chi connectivity index (χ2n) is 8.73. The molecule has 0 saturated carbocycles. The Morgan fingerprint density at radius 3 is 1.94 bits per heavy atom. The number of hydrogen-bond acceptors (Lipinski definition) is 2. The van der Waals surface area contributed by atoms with E-state index in [-0.39, 0.29) is 0 Å². The molecule has 0 amide bonds. The molecule has 0 aliphatic rings. The Bertz CT molecular complexity index is 1830. The summed E-state index contributed by atoms with van der Waals surface area (Å²) in [7, 11) is 0. The number of rotatable bonds is 3. The number of anilines is 2. The minimum absolute atomic E-state index is 0.923. The highest BCUT2D eigenvalue weighted by Gasteiger charge is 2.08. The number of furan rings is 1. The van der Waals surface area contributed by atoms with Crippen LogP contribution < -0.4 is 5.32 Å². The molecule has 0 aliphatic carbocycles. The monoisotopic (exact) mass is 435 g/mol. The maximum Gasteiger partial charge on any atom is 0.135 e. The van der Waals surface area contributed by atoms with E-state index >= 15 is 0 Å². The van der Waals surface area contributed by atoms with Crippen molar-refractivity contribution in [2.24, 2.45) is 0 Å². The average molecular weight is 436 g/mol. The zero-order valence-corrected chi connectivity index (χ0v) is 18.5. The predicted octanol–water partition coefficient (Wildman–Crippen LogP) is 9.30. The molecule has 0 spiro atoms. The smallest absolute Gasteiger partial charge is 0.135 e. The fourth-order valence-electron chi connectivity index (χ4n) is 4.90. The van der Waals surface area contributed by atoms with Gasteiger partial charge < -0.3 is 9.73 Å². The van der Waals surface area contributed by atoms with E-state index in [9.17, 15) is 0 Å². The molecule has 0 bridgehead atoms. The van der Waals surface area contributed by atoms with E-state index < -0.39 is 0 Å². The summed E-state index contributed by atoms with van der Waals surface area (Å²) in [5.41, 5.74) is 6.37. The molecular weight excluding hydrogens is 414 g/mol. The van der Waals surface area contributed by atoms with Crippen LogP contribution in [0.5, 0.6) is 0 Å². The minimum Gasteiger partial charge on any atom is -0.456 e. The molecule has 160 valence electrons. The Morgan fingerprint density at radius 2 is 1.06 bits per heavy atom. The van der Waals surface area contributed by atoms with E-state index in [2.05, 4.69) is 115 Å². The van der Waals surface area contributed by atoms with Crippen molar-refractivity contribution < 1.29 is 4.42 Å². The summed E-state index contributed by atoms with van der Waals surface area (Å²) in [5.74, 6) is 0. The Labute approximate surface area is 197 Å². The highest BCUT2D eigenvalue weighted by atomic mass is 16.3. The summed E-state index contributed by atoms with van der Waals surface area (Å²) in [5, 5.41) is 10.9. The van der Waals surface area contributed by atoms with E-state index in [1.165, 1.54) is 32.7 Å². The summed E-state index contributed by atoms with van der Waals surface area (Å²) in [4.78, 5) is 0. The molecule has 6 aromatic carbocycles. The van der Waals surface area contributed by atoms with Crippen LogP contribution in [0.25, 0.3) is 54.6 Å². The van der Waals surface area contributed by atoms with Gasteiger partial charge in [0.25, 0.3) is 0 Å². The third-order valence-electron chi connectivity index (χ3n) is 6.63. The molecule has 0 aliphatic heterocycles. The molecule has 1 heterocycles. The molecule has 34 heavy (non-hydrogen) atoms. The van der Waals surface area contributed by atoms with Crippen LogP contribution in [0.2, 0.25) is 0 Å². The summed E-state index contributed by atoms with van der Waals surface area (Å²) in [6.07, 6.45) is 0. The first kappa shape index (κ1) is 19.0. The van der Waals surface area contributed by atoms with Gasteiger partial charge in [-0.2, -0.15) is 0 Å². The Morgan fingerprint density at radius 1 is 0.412 bits per heavy atom. The zero-order chi connectivity index (χ0) is 22.5. The summed E-state index contributed by atoms with van der Waals surface area (Å²) >= 11 is 0. The van der Waals surface area contributed by atoms with Crippen LogP contribution in [0.1, 0.15) is 0 Å². The molecule has 0 saturated heterocycles. The average Bonchev–Trinajstić information content (AvgIpc) is 3.27. The van der Waals surface area contributed by atoms with Crippen molar-refractivity contribution in [2.75, 3.05) is 5.32 Å². The van der Waals surface area contributed by atoms with Crippen LogP contribution in [0.4, 0.5) is 11.4 Å². The Hall–Kier alpha value is -4.56. The van der Waals surface area contributed by atoms with Gasteiger partial charge in [-0.05, 0) is 75.1 Å². The molecule has 0 unspecified atom stereocenters. The zero-order valence-electron chi connectivity index (χ0n) is 18.5. The molecule has 1 aromatic heterocycles. The summed E-state index contributed by atoms with van der Waals surface area (Å²) in [6.45, 7) is 0. The van der Waals surface area contributed by atoms with Crippen molar-refractivity contribution in [3.05, 3.63) is 121 Å². The summed E-state index contributed by atoms with van der Waals surface area (Å²) in [6, 6.07) is 42.7. The quantitative estimate of drug-likeness (QED) is 0.280. The van der Waals surface area contributed by atoms with E-state index in [4.69, 9.17) is 4.42 Å². The van der Waals surface area contributed by atoms with Crippen molar-refractivity contribution in [1.29, 1.82) is 0 Å². The highest BCUT2D eigenvalue weighted by molar-refractivity contribution is 6.09. The molecule has 7 aromatic rings. The molecule has 2 nitrogen and oxygen atoms in total. The van der Waals surface area contributed by atoms with Gasteiger partial charge in [-0.1, -0.05) is 78.9 Å². The van der Waals surface area contributed by atoms with Crippen LogP contribution in [0, 0.1) is 0 Å². The van der Waals surface area contributed by atoms with Crippen molar-refractivity contribution in [2.45, 2.75) is 0 Å². The van der Waals surface area contributed by atoms with Crippen LogP contribution in [0.3, 0.4) is 0 Å². The fourth-order valence-corrected chi connectivity index (χ4v) is 4.90. The molecule has 0 atom stereocenters. The third-order valence-corrected chi connectivity index (χ3v) is 6.63. The van der Waals surface area contributed by atoms with Crippen molar-refractivity contribution >= 4 is 54.9 Å². The maximum atomic E-state index is 5.98. The first-order chi connectivity index (χ1) is 16.8. The van der Waals surface area contributed by atoms with Gasteiger partial charge in [-0.3, -0.25) is 0 Å². The normalized spacial score (nSPS) is 11.5. The van der Waals surface area contributed by atoms with Gasteiger partial charge >= 0.3 is 0 Å². The van der Waals surface area contributed by atoms with E-state index in [0.717, 1.165) is 33.3 Å². The third kappa shape index (κ3) is 3.12. The minimum atomic E-state index is 0.923. The summed E-state index contributed by atoms with van der Waals surface area (Å²) < 4.78 is 5.98. The largest absolute Gasteiger partial charge is 0.456 e. The van der Waals surface area contributed by atoms with Gasteiger partial charge in [0.05, 0.1) is 0 Å². The number of fused-ring (bicyclic) bond motifs is 6. The number of benzene rings is 6. The van der Waals surface area contributed by atoms with Crippen LogP contribution in [-0.4, -0.2) is 0 Å². The predicted molar refractivity (Wildman–Crippen MR) is 144 cm³/mol. The Kier molecular flexibility index (Phi) is 4.18. The van der Waals surface area contributed by atoms with Crippen molar-refractivity contribution in [3.8, 4) is 11.1 Å². The van der Waals surface area contributed by atoms with Gasteiger partial charge in [0.1, 0.15) is 11.2 Å². The number of nitrogens with one attached hydrogen (secondary N) is 1. The second-order valence-corrected chi connectivity index (χ2v) is 8.73. The fraction of sp³-hybridized carbons (Fsp3) is 0.